The predicted octanol–water partition coefficient (Wildman–Crippen LogP) is 1.95. The van der Waals surface area contributed by atoms with Crippen LogP contribution in [0, 0.1) is 5.82 Å². The Labute approximate surface area is 94.2 Å². The van der Waals surface area contributed by atoms with Crippen LogP contribution in [0.4, 0.5) is 4.39 Å². The summed E-state index contributed by atoms with van der Waals surface area (Å²) in [6.07, 6.45) is 0.652. The SMILES string of the molecule is CCOC(=O)COCCc1ccc(F)cc1. The van der Waals surface area contributed by atoms with Gasteiger partial charge in [-0.2, -0.15) is 0 Å². The highest BCUT2D eigenvalue weighted by atomic mass is 19.1. The highest BCUT2D eigenvalue weighted by Gasteiger charge is 2.01. The van der Waals surface area contributed by atoms with Gasteiger partial charge in [0.25, 0.3) is 0 Å². The number of benzene rings is 1. The highest BCUT2D eigenvalue weighted by Crippen LogP contribution is 2.03. The summed E-state index contributed by atoms with van der Waals surface area (Å²) in [5.41, 5.74) is 0.977. The van der Waals surface area contributed by atoms with Gasteiger partial charge in [-0.1, -0.05) is 12.1 Å². The summed E-state index contributed by atoms with van der Waals surface area (Å²) in [7, 11) is 0. The molecule has 0 unspecified atom stereocenters. The minimum absolute atomic E-state index is 0.0327. The molecule has 0 heterocycles. The molecule has 4 heteroatoms. The Balaban J connectivity index is 2.16. The zero-order chi connectivity index (χ0) is 11.8. The van der Waals surface area contributed by atoms with E-state index in [-0.39, 0.29) is 18.4 Å². The molecule has 3 nitrogen and oxygen atoms in total. The van der Waals surface area contributed by atoms with Gasteiger partial charge in [-0.3, -0.25) is 0 Å². The molecule has 0 aliphatic carbocycles. The molecule has 88 valence electrons. The molecule has 0 atom stereocenters. The van der Waals surface area contributed by atoms with E-state index in [1.165, 1.54) is 12.1 Å². The molecule has 16 heavy (non-hydrogen) atoms. The van der Waals surface area contributed by atoms with Gasteiger partial charge in [0.15, 0.2) is 0 Å². The van der Waals surface area contributed by atoms with E-state index < -0.39 is 0 Å². The van der Waals surface area contributed by atoms with Crippen LogP contribution >= 0.6 is 0 Å². The topological polar surface area (TPSA) is 35.5 Å². The zero-order valence-corrected chi connectivity index (χ0v) is 9.24. The minimum Gasteiger partial charge on any atom is -0.464 e. The summed E-state index contributed by atoms with van der Waals surface area (Å²) in [5.74, 6) is -0.613. The van der Waals surface area contributed by atoms with Crippen molar-refractivity contribution in [1.29, 1.82) is 0 Å². The molecule has 0 aliphatic rings. The molecule has 0 fully saturated rings. The number of hydrogen-bond donors (Lipinski definition) is 0. The first-order valence-electron chi connectivity index (χ1n) is 5.20. The van der Waals surface area contributed by atoms with Crippen molar-refractivity contribution in [2.24, 2.45) is 0 Å². The molecule has 1 rings (SSSR count). The average Bonchev–Trinajstić information content (AvgIpc) is 2.27. The van der Waals surface area contributed by atoms with Crippen molar-refractivity contribution in [1.82, 2.24) is 0 Å². The Morgan fingerprint density at radius 3 is 2.62 bits per heavy atom. The molecule has 0 amide bonds. The van der Waals surface area contributed by atoms with E-state index in [9.17, 15) is 9.18 Å². The van der Waals surface area contributed by atoms with Gasteiger partial charge in [-0.05, 0) is 31.0 Å². The van der Waals surface area contributed by atoms with Gasteiger partial charge < -0.3 is 9.47 Å². The van der Waals surface area contributed by atoms with Gasteiger partial charge in [0.1, 0.15) is 12.4 Å². The fraction of sp³-hybridized carbons (Fsp3) is 0.417. The van der Waals surface area contributed by atoms with E-state index in [1.807, 2.05) is 0 Å². The third kappa shape index (κ3) is 4.89. The maximum atomic E-state index is 12.6. The largest absolute Gasteiger partial charge is 0.464 e. The van der Waals surface area contributed by atoms with E-state index >= 15 is 0 Å². The standard InChI is InChI=1S/C12H15FO3/c1-2-16-12(14)9-15-8-7-10-3-5-11(13)6-4-10/h3-6H,2,7-9H2,1H3. The van der Waals surface area contributed by atoms with Crippen molar-refractivity contribution < 1.29 is 18.7 Å². The van der Waals surface area contributed by atoms with E-state index in [0.29, 0.717) is 19.6 Å². The minimum atomic E-state index is -0.360. The van der Waals surface area contributed by atoms with Crippen LogP contribution in [0.25, 0.3) is 0 Å². The molecule has 1 aromatic carbocycles. The lowest BCUT2D eigenvalue weighted by Crippen LogP contribution is -2.13. The van der Waals surface area contributed by atoms with Crippen LogP contribution in [0.5, 0.6) is 0 Å². The monoisotopic (exact) mass is 226 g/mol. The van der Waals surface area contributed by atoms with Gasteiger partial charge in [0.2, 0.25) is 0 Å². The van der Waals surface area contributed by atoms with Crippen molar-refractivity contribution >= 4 is 5.97 Å². The first-order chi connectivity index (χ1) is 7.72. The molecular weight excluding hydrogens is 211 g/mol. The van der Waals surface area contributed by atoms with Crippen LogP contribution in [-0.4, -0.2) is 25.8 Å². The number of rotatable bonds is 6. The molecule has 0 radical (unpaired) electrons. The van der Waals surface area contributed by atoms with Crippen LogP contribution in [0.15, 0.2) is 24.3 Å². The third-order valence-electron chi connectivity index (χ3n) is 1.97. The number of ether oxygens (including phenoxy) is 2. The Bertz CT molecular complexity index is 322. The maximum Gasteiger partial charge on any atom is 0.332 e. The van der Waals surface area contributed by atoms with Gasteiger partial charge in [0.05, 0.1) is 13.2 Å². The van der Waals surface area contributed by atoms with Gasteiger partial charge >= 0.3 is 5.97 Å². The summed E-state index contributed by atoms with van der Waals surface area (Å²) in [6, 6.07) is 6.20. The fourth-order valence-electron chi connectivity index (χ4n) is 1.20. The molecule has 0 aromatic heterocycles. The van der Waals surface area contributed by atoms with E-state index in [2.05, 4.69) is 0 Å². The van der Waals surface area contributed by atoms with E-state index in [0.717, 1.165) is 5.56 Å². The van der Waals surface area contributed by atoms with Crippen molar-refractivity contribution in [3.05, 3.63) is 35.6 Å². The highest BCUT2D eigenvalue weighted by molar-refractivity contribution is 5.70. The third-order valence-corrected chi connectivity index (χ3v) is 1.97. The predicted molar refractivity (Wildman–Crippen MR) is 57.6 cm³/mol. The second kappa shape index (κ2) is 6.95. The van der Waals surface area contributed by atoms with Crippen molar-refractivity contribution in [3.63, 3.8) is 0 Å². The molecule has 0 saturated carbocycles. The van der Waals surface area contributed by atoms with E-state index in [4.69, 9.17) is 9.47 Å². The normalized spacial score (nSPS) is 10.1. The van der Waals surface area contributed by atoms with Crippen LogP contribution in [-0.2, 0) is 20.7 Å². The van der Waals surface area contributed by atoms with Gasteiger partial charge in [-0.25, -0.2) is 9.18 Å². The van der Waals surface area contributed by atoms with Gasteiger partial charge in [0, 0.05) is 0 Å². The summed E-state index contributed by atoms with van der Waals surface area (Å²) in [6.45, 7) is 2.50. The maximum absolute atomic E-state index is 12.6. The molecular formula is C12H15FO3. The zero-order valence-electron chi connectivity index (χ0n) is 9.24. The average molecular weight is 226 g/mol. The molecule has 0 aliphatic heterocycles. The molecule has 1 aromatic rings. The Morgan fingerprint density at radius 1 is 1.31 bits per heavy atom. The second-order valence-electron chi connectivity index (χ2n) is 3.23. The Kier molecular flexibility index (Phi) is 5.50. The van der Waals surface area contributed by atoms with Crippen LogP contribution in [0.1, 0.15) is 12.5 Å². The summed E-state index contributed by atoms with van der Waals surface area (Å²) in [4.78, 5) is 10.9. The van der Waals surface area contributed by atoms with Crippen LogP contribution < -0.4 is 0 Å². The first-order valence-corrected chi connectivity index (χ1v) is 5.20. The van der Waals surface area contributed by atoms with E-state index in [1.54, 1.807) is 19.1 Å². The summed E-state index contributed by atoms with van der Waals surface area (Å²) < 4.78 is 22.4. The Hall–Kier alpha value is -1.42. The number of hydrogen-bond acceptors (Lipinski definition) is 3. The lowest BCUT2D eigenvalue weighted by atomic mass is 10.2. The van der Waals surface area contributed by atoms with Crippen molar-refractivity contribution in [3.8, 4) is 0 Å². The second-order valence-corrected chi connectivity index (χ2v) is 3.23. The smallest absolute Gasteiger partial charge is 0.332 e. The van der Waals surface area contributed by atoms with Crippen molar-refractivity contribution in [2.45, 2.75) is 13.3 Å². The molecule has 0 saturated heterocycles. The first kappa shape index (κ1) is 12.6. The van der Waals surface area contributed by atoms with Crippen LogP contribution in [0.3, 0.4) is 0 Å². The number of carbonyl (C=O) groups excluding carboxylic acids is 1. The lowest BCUT2D eigenvalue weighted by molar-refractivity contribution is -0.148. The fourth-order valence-corrected chi connectivity index (χ4v) is 1.20. The Morgan fingerprint density at radius 2 is 2.00 bits per heavy atom. The number of esters is 1. The quantitative estimate of drug-likeness (QED) is 0.549. The van der Waals surface area contributed by atoms with Gasteiger partial charge in [-0.15, -0.1) is 0 Å². The van der Waals surface area contributed by atoms with Crippen LogP contribution in [0.2, 0.25) is 0 Å². The summed E-state index contributed by atoms with van der Waals surface area (Å²) >= 11 is 0. The number of halogens is 1. The molecule has 0 bridgehead atoms. The summed E-state index contributed by atoms with van der Waals surface area (Å²) in [5, 5.41) is 0. The molecule has 0 N–H and O–H groups in total. The molecule has 0 spiro atoms. The lowest BCUT2D eigenvalue weighted by Gasteiger charge is -2.04. The number of carbonyl (C=O) groups is 1. The van der Waals surface area contributed by atoms with Crippen molar-refractivity contribution in [2.75, 3.05) is 19.8 Å².